The van der Waals surface area contributed by atoms with E-state index in [9.17, 15) is 8.42 Å². The summed E-state index contributed by atoms with van der Waals surface area (Å²) in [5.41, 5.74) is 0.855. The van der Waals surface area contributed by atoms with Crippen molar-refractivity contribution >= 4 is 9.84 Å². The average Bonchev–Trinajstić information content (AvgIpc) is 2.27. The van der Waals surface area contributed by atoms with Gasteiger partial charge in [0, 0.05) is 12.3 Å². The van der Waals surface area contributed by atoms with Gasteiger partial charge in [-0.05, 0) is 12.6 Å². The summed E-state index contributed by atoms with van der Waals surface area (Å²) in [6.45, 7) is 2.14. The quantitative estimate of drug-likeness (QED) is 0.826. The molecule has 0 amide bonds. The minimum absolute atomic E-state index is 0.175. The van der Waals surface area contributed by atoms with Crippen LogP contribution in [0.5, 0.6) is 0 Å². The van der Waals surface area contributed by atoms with E-state index >= 15 is 0 Å². The first-order chi connectivity index (χ1) is 7.11. The smallest absolute Gasteiger partial charge is 0.158 e. The van der Waals surface area contributed by atoms with E-state index in [0.29, 0.717) is 6.54 Å². The number of benzene rings is 1. The highest BCUT2D eigenvalue weighted by molar-refractivity contribution is 7.91. The van der Waals surface area contributed by atoms with Crippen LogP contribution in [0.4, 0.5) is 0 Å². The minimum Gasteiger partial charge on any atom is -0.318 e. The zero-order valence-electron chi connectivity index (χ0n) is 9.10. The first-order valence-corrected chi connectivity index (χ1v) is 6.74. The molecule has 0 saturated carbocycles. The highest BCUT2D eigenvalue weighted by Crippen LogP contribution is 2.21. The van der Waals surface area contributed by atoms with Crippen LogP contribution in [-0.4, -0.2) is 27.8 Å². The molecule has 3 nitrogen and oxygen atoms in total. The van der Waals surface area contributed by atoms with E-state index in [1.807, 2.05) is 30.3 Å². The molecule has 0 saturated heterocycles. The van der Waals surface area contributed by atoms with E-state index in [4.69, 9.17) is 0 Å². The molecule has 0 aliphatic heterocycles. The third-order valence-corrected chi connectivity index (χ3v) is 4.51. The summed E-state index contributed by atoms with van der Waals surface area (Å²) < 4.78 is 23.7. The van der Waals surface area contributed by atoms with Crippen molar-refractivity contribution in [3.8, 4) is 0 Å². The summed E-state index contributed by atoms with van der Waals surface area (Å²) in [6, 6.07) is 9.33. The Hall–Kier alpha value is -0.870. The lowest BCUT2D eigenvalue weighted by Crippen LogP contribution is -2.25. The normalized spacial score (nSPS) is 13.7. The van der Waals surface area contributed by atoms with E-state index < -0.39 is 15.1 Å². The molecule has 0 bridgehead atoms. The summed E-state index contributed by atoms with van der Waals surface area (Å²) in [5, 5.41) is 2.49. The van der Waals surface area contributed by atoms with E-state index in [1.54, 1.807) is 14.0 Å². The molecule has 0 radical (unpaired) electrons. The van der Waals surface area contributed by atoms with E-state index in [1.165, 1.54) is 0 Å². The first-order valence-electron chi connectivity index (χ1n) is 5.03. The third kappa shape index (κ3) is 3.04. The molecule has 0 spiro atoms. The summed E-state index contributed by atoms with van der Waals surface area (Å²) in [7, 11) is -1.27. The first kappa shape index (κ1) is 12.2. The summed E-state index contributed by atoms with van der Waals surface area (Å²) >= 11 is 0. The molecule has 1 atom stereocenters. The number of nitrogens with one attached hydrogen (secondary N) is 1. The van der Waals surface area contributed by atoms with Gasteiger partial charge in [0.1, 0.15) is 0 Å². The fourth-order valence-electron chi connectivity index (χ4n) is 1.51. The lowest BCUT2D eigenvalue weighted by atomic mass is 10.1. The van der Waals surface area contributed by atoms with Crippen LogP contribution in [0.1, 0.15) is 17.7 Å². The molecule has 0 aromatic heterocycles. The van der Waals surface area contributed by atoms with Crippen LogP contribution >= 0.6 is 0 Å². The van der Waals surface area contributed by atoms with Gasteiger partial charge < -0.3 is 5.32 Å². The van der Waals surface area contributed by atoms with Crippen molar-refractivity contribution in [3.05, 3.63) is 35.9 Å². The second-order valence-electron chi connectivity index (χ2n) is 3.41. The van der Waals surface area contributed by atoms with Gasteiger partial charge in [0.15, 0.2) is 9.84 Å². The molecule has 0 heterocycles. The van der Waals surface area contributed by atoms with Crippen LogP contribution in [0.2, 0.25) is 0 Å². The summed E-state index contributed by atoms with van der Waals surface area (Å²) in [5.74, 6) is 0.175. The molecule has 0 aliphatic carbocycles. The Kier molecular flexibility index (Phi) is 4.29. The van der Waals surface area contributed by atoms with Crippen LogP contribution in [0.3, 0.4) is 0 Å². The van der Waals surface area contributed by atoms with Gasteiger partial charge in [-0.15, -0.1) is 0 Å². The van der Waals surface area contributed by atoms with Gasteiger partial charge in [-0.3, -0.25) is 0 Å². The number of hydrogen-bond acceptors (Lipinski definition) is 3. The van der Waals surface area contributed by atoms with Gasteiger partial charge in [0.05, 0.1) is 5.25 Å². The van der Waals surface area contributed by atoms with Gasteiger partial charge in [0.2, 0.25) is 0 Å². The maximum Gasteiger partial charge on any atom is 0.158 e. The lowest BCUT2D eigenvalue weighted by molar-refractivity contribution is 0.577. The Balaban J connectivity index is 3.04. The molecule has 0 aliphatic rings. The van der Waals surface area contributed by atoms with Crippen molar-refractivity contribution < 1.29 is 8.42 Å². The number of sulfone groups is 1. The molecular formula is C11H17NO2S. The van der Waals surface area contributed by atoms with Crippen molar-refractivity contribution in [3.63, 3.8) is 0 Å². The van der Waals surface area contributed by atoms with Gasteiger partial charge in [-0.1, -0.05) is 37.3 Å². The Morgan fingerprint density at radius 2 is 1.87 bits per heavy atom. The zero-order chi connectivity index (χ0) is 11.3. The van der Waals surface area contributed by atoms with Crippen molar-refractivity contribution in [1.29, 1.82) is 0 Å². The summed E-state index contributed by atoms with van der Waals surface area (Å²) in [6.07, 6.45) is 0. The highest BCUT2D eigenvalue weighted by Gasteiger charge is 2.24. The van der Waals surface area contributed by atoms with Gasteiger partial charge in [-0.2, -0.15) is 0 Å². The Morgan fingerprint density at radius 1 is 1.27 bits per heavy atom. The molecule has 84 valence electrons. The molecular weight excluding hydrogens is 210 g/mol. The average molecular weight is 227 g/mol. The topological polar surface area (TPSA) is 46.2 Å². The second kappa shape index (κ2) is 5.28. The number of rotatable bonds is 5. The SMILES string of the molecule is CCS(=O)(=O)C(CNC)c1ccccc1. The lowest BCUT2D eigenvalue weighted by Gasteiger charge is -2.16. The number of likely N-dealkylation sites (N-methyl/N-ethyl adjacent to an activating group) is 1. The van der Waals surface area contributed by atoms with Crippen LogP contribution in [0.25, 0.3) is 0 Å². The van der Waals surface area contributed by atoms with Crippen LogP contribution in [0.15, 0.2) is 30.3 Å². The van der Waals surface area contributed by atoms with Crippen LogP contribution in [0, 0.1) is 0 Å². The monoisotopic (exact) mass is 227 g/mol. The molecule has 1 aromatic rings. The van der Waals surface area contributed by atoms with Crippen LogP contribution < -0.4 is 5.32 Å². The highest BCUT2D eigenvalue weighted by atomic mass is 32.2. The van der Waals surface area contributed by atoms with E-state index in [0.717, 1.165) is 5.56 Å². The third-order valence-electron chi connectivity index (χ3n) is 2.40. The van der Waals surface area contributed by atoms with Crippen LogP contribution in [-0.2, 0) is 9.84 Å². The van der Waals surface area contributed by atoms with Crippen molar-refractivity contribution in [1.82, 2.24) is 5.32 Å². The van der Waals surface area contributed by atoms with Crippen molar-refractivity contribution in [2.75, 3.05) is 19.3 Å². The molecule has 15 heavy (non-hydrogen) atoms. The van der Waals surface area contributed by atoms with E-state index in [-0.39, 0.29) is 5.75 Å². The number of hydrogen-bond donors (Lipinski definition) is 1. The fraction of sp³-hybridized carbons (Fsp3) is 0.455. The largest absolute Gasteiger partial charge is 0.318 e. The molecule has 1 rings (SSSR count). The molecule has 1 unspecified atom stereocenters. The Morgan fingerprint density at radius 3 is 2.33 bits per heavy atom. The van der Waals surface area contributed by atoms with Gasteiger partial charge >= 0.3 is 0 Å². The Labute approximate surface area is 91.4 Å². The van der Waals surface area contributed by atoms with Crippen molar-refractivity contribution in [2.45, 2.75) is 12.2 Å². The maximum absolute atomic E-state index is 11.8. The fourth-order valence-corrected chi connectivity index (χ4v) is 2.90. The minimum atomic E-state index is -3.04. The van der Waals surface area contributed by atoms with Gasteiger partial charge in [-0.25, -0.2) is 8.42 Å². The predicted octanol–water partition coefficient (Wildman–Crippen LogP) is 1.38. The van der Waals surface area contributed by atoms with Gasteiger partial charge in [0.25, 0.3) is 0 Å². The zero-order valence-corrected chi connectivity index (χ0v) is 9.92. The molecule has 1 aromatic carbocycles. The Bertz CT molecular complexity index is 386. The van der Waals surface area contributed by atoms with Crippen molar-refractivity contribution in [2.24, 2.45) is 0 Å². The maximum atomic E-state index is 11.8. The summed E-state index contributed by atoms with van der Waals surface area (Å²) in [4.78, 5) is 0. The molecule has 4 heteroatoms. The predicted molar refractivity (Wildman–Crippen MR) is 62.6 cm³/mol. The standard InChI is InChI=1S/C11H17NO2S/c1-3-15(13,14)11(9-12-2)10-7-5-4-6-8-10/h4-8,11-12H,3,9H2,1-2H3. The van der Waals surface area contributed by atoms with E-state index in [2.05, 4.69) is 5.32 Å². The molecule has 0 fully saturated rings. The second-order valence-corrected chi connectivity index (χ2v) is 5.88. The molecule has 1 N–H and O–H groups in total.